The minimum Gasteiger partial charge on any atom is -0.342 e. The number of aromatic nitrogens is 4. The van der Waals surface area contributed by atoms with E-state index in [-0.39, 0.29) is 17.9 Å². The standard InChI is InChI=1S/C15H11F3N6O2.C9H10/c16-15(17,18)9-1-2-10(20-5-9)6-21-13(25)14(26)23-11-7-19-3-8-4-22-24-12(8)11;1-2-5-9-7-3-6-8(9)4-1/h1-5,7H,6H2,(H,21,25)(H,22,24)(H,23,26);1-2,4-5H,3,6-7H2. The van der Waals surface area contributed by atoms with Gasteiger partial charge in [-0.05, 0) is 42.5 Å². The van der Waals surface area contributed by atoms with Crippen molar-refractivity contribution < 1.29 is 22.8 Å². The summed E-state index contributed by atoms with van der Waals surface area (Å²) in [5.74, 6) is -1.93. The number of rotatable bonds is 3. The van der Waals surface area contributed by atoms with Crippen LogP contribution in [0.2, 0.25) is 0 Å². The lowest BCUT2D eigenvalue weighted by Gasteiger charge is -2.08. The molecule has 11 heteroatoms. The van der Waals surface area contributed by atoms with Crippen LogP contribution in [-0.4, -0.2) is 32.0 Å². The summed E-state index contributed by atoms with van der Waals surface area (Å²) in [7, 11) is 0. The van der Waals surface area contributed by atoms with E-state index in [0.29, 0.717) is 17.1 Å². The molecule has 3 heterocycles. The van der Waals surface area contributed by atoms with Gasteiger partial charge in [-0.3, -0.25) is 24.7 Å². The van der Waals surface area contributed by atoms with Crippen LogP contribution < -0.4 is 10.6 Å². The number of alkyl halides is 3. The number of aryl methyl sites for hydroxylation is 2. The minimum absolute atomic E-state index is 0.177. The van der Waals surface area contributed by atoms with Gasteiger partial charge < -0.3 is 10.6 Å². The van der Waals surface area contributed by atoms with Gasteiger partial charge >= 0.3 is 18.0 Å². The summed E-state index contributed by atoms with van der Waals surface area (Å²) < 4.78 is 37.4. The number of anilines is 1. The van der Waals surface area contributed by atoms with E-state index in [0.717, 1.165) is 12.1 Å². The predicted octanol–water partition coefficient (Wildman–Crippen LogP) is 3.80. The average Bonchev–Trinajstić information content (AvgIpc) is 3.52. The molecule has 180 valence electrons. The van der Waals surface area contributed by atoms with Crippen molar-refractivity contribution in [2.45, 2.75) is 32.0 Å². The van der Waals surface area contributed by atoms with Gasteiger partial charge in [-0.2, -0.15) is 18.3 Å². The molecule has 0 unspecified atom stereocenters. The lowest BCUT2D eigenvalue weighted by atomic mass is 10.1. The number of nitrogens with zero attached hydrogens (tertiary/aromatic N) is 3. The molecule has 0 bridgehead atoms. The number of pyridine rings is 2. The Balaban J connectivity index is 0.000000266. The predicted molar refractivity (Wildman–Crippen MR) is 122 cm³/mol. The number of H-pyrrole nitrogens is 1. The van der Waals surface area contributed by atoms with Crippen molar-refractivity contribution in [1.82, 2.24) is 25.5 Å². The molecule has 0 spiro atoms. The molecule has 8 nitrogen and oxygen atoms in total. The minimum atomic E-state index is -4.49. The highest BCUT2D eigenvalue weighted by Crippen LogP contribution is 2.28. The number of halogens is 3. The lowest BCUT2D eigenvalue weighted by Crippen LogP contribution is -2.35. The quantitative estimate of drug-likeness (QED) is 0.385. The second-order valence-electron chi connectivity index (χ2n) is 7.82. The summed E-state index contributed by atoms with van der Waals surface area (Å²) in [4.78, 5) is 31.3. The number of hydrogen-bond donors (Lipinski definition) is 3. The molecule has 0 saturated carbocycles. The molecular formula is C24H21F3N6O2. The smallest absolute Gasteiger partial charge is 0.342 e. The number of benzene rings is 1. The number of aromatic amines is 1. The van der Waals surface area contributed by atoms with E-state index in [2.05, 4.69) is 55.1 Å². The van der Waals surface area contributed by atoms with Gasteiger partial charge in [-0.1, -0.05) is 24.3 Å². The Bertz CT molecular complexity index is 1310. The molecule has 2 amide bonds. The van der Waals surface area contributed by atoms with E-state index in [1.165, 1.54) is 37.9 Å². The van der Waals surface area contributed by atoms with Crippen molar-refractivity contribution in [1.29, 1.82) is 0 Å². The molecule has 0 saturated heterocycles. The highest BCUT2D eigenvalue weighted by molar-refractivity contribution is 6.40. The van der Waals surface area contributed by atoms with Gasteiger partial charge in [0.1, 0.15) is 0 Å². The zero-order valence-electron chi connectivity index (χ0n) is 18.4. The first-order valence-corrected chi connectivity index (χ1v) is 10.8. The third-order valence-electron chi connectivity index (χ3n) is 5.40. The molecule has 0 aliphatic heterocycles. The summed E-state index contributed by atoms with van der Waals surface area (Å²) in [5, 5.41) is 11.8. The summed E-state index contributed by atoms with van der Waals surface area (Å²) in [6.45, 7) is -0.198. The van der Waals surface area contributed by atoms with Gasteiger partial charge in [0, 0.05) is 17.8 Å². The summed E-state index contributed by atoms with van der Waals surface area (Å²) in [6, 6.07) is 10.7. The summed E-state index contributed by atoms with van der Waals surface area (Å²) >= 11 is 0. The molecule has 3 N–H and O–H groups in total. The van der Waals surface area contributed by atoms with Crippen LogP contribution in [0.1, 0.15) is 28.8 Å². The maximum atomic E-state index is 12.5. The summed E-state index contributed by atoms with van der Waals surface area (Å²) in [6.07, 6.45) is 4.52. The Morgan fingerprint density at radius 3 is 2.34 bits per heavy atom. The fourth-order valence-electron chi connectivity index (χ4n) is 3.60. The highest BCUT2D eigenvalue weighted by Gasteiger charge is 2.30. The van der Waals surface area contributed by atoms with Gasteiger partial charge in [0.05, 0.1) is 41.4 Å². The van der Waals surface area contributed by atoms with Crippen molar-refractivity contribution in [3.8, 4) is 0 Å². The molecule has 1 aromatic carbocycles. The topological polar surface area (TPSA) is 113 Å². The normalized spacial score (nSPS) is 12.4. The molecule has 35 heavy (non-hydrogen) atoms. The van der Waals surface area contributed by atoms with Gasteiger partial charge in [0.15, 0.2) is 0 Å². The molecule has 5 rings (SSSR count). The average molecular weight is 482 g/mol. The van der Waals surface area contributed by atoms with Crippen molar-refractivity contribution in [2.75, 3.05) is 5.32 Å². The van der Waals surface area contributed by atoms with Crippen LogP contribution >= 0.6 is 0 Å². The van der Waals surface area contributed by atoms with Crippen molar-refractivity contribution in [3.63, 3.8) is 0 Å². The Labute approximate surface area is 198 Å². The van der Waals surface area contributed by atoms with E-state index >= 15 is 0 Å². The van der Waals surface area contributed by atoms with Gasteiger partial charge in [0.2, 0.25) is 0 Å². The molecule has 4 aromatic rings. The van der Waals surface area contributed by atoms with Crippen LogP contribution in [0.25, 0.3) is 10.9 Å². The van der Waals surface area contributed by atoms with E-state index < -0.39 is 23.6 Å². The lowest BCUT2D eigenvalue weighted by molar-refractivity contribution is -0.137. The maximum Gasteiger partial charge on any atom is 0.417 e. The van der Waals surface area contributed by atoms with Crippen LogP contribution in [0.5, 0.6) is 0 Å². The van der Waals surface area contributed by atoms with Crippen molar-refractivity contribution in [2.24, 2.45) is 0 Å². The number of hydrogen-bond acceptors (Lipinski definition) is 5. The molecule has 0 fully saturated rings. The summed E-state index contributed by atoms with van der Waals surface area (Å²) in [5.41, 5.74) is 3.19. The number of carbonyl (C=O) groups is 2. The first-order chi connectivity index (χ1) is 16.8. The maximum absolute atomic E-state index is 12.5. The van der Waals surface area contributed by atoms with Gasteiger partial charge in [-0.25, -0.2) is 0 Å². The third-order valence-corrected chi connectivity index (χ3v) is 5.40. The fourth-order valence-corrected chi connectivity index (χ4v) is 3.60. The molecule has 0 radical (unpaired) electrons. The first kappa shape index (κ1) is 23.9. The number of amides is 2. The Morgan fingerprint density at radius 2 is 1.69 bits per heavy atom. The molecular weight excluding hydrogens is 461 g/mol. The van der Waals surface area contributed by atoms with Crippen LogP contribution in [0.15, 0.2) is 61.2 Å². The second-order valence-corrected chi connectivity index (χ2v) is 7.82. The Hall–Kier alpha value is -4.28. The number of fused-ring (bicyclic) bond motifs is 2. The molecule has 3 aromatic heterocycles. The molecule has 1 aliphatic rings. The van der Waals surface area contributed by atoms with E-state index in [9.17, 15) is 22.8 Å². The molecule has 1 aliphatic carbocycles. The van der Waals surface area contributed by atoms with Crippen molar-refractivity contribution >= 4 is 28.4 Å². The van der Waals surface area contributed by atoms with E-state index in [1.807, 2.05) is 0 Å². The SMILES string of the molecule is O=C(NCc1ccc(C(F)(F)F)cn1)C(=O)Nc1cncc2cn[nH]c12.c1ccc2c(c1)CCC2. The highest BCUT2D eigenvalue weighted by atomic mass is 19.4. The third kappa shape index (κ3) is 5.99. The molecule has 0 atom stereocenters. The number of nitrogens with one attached hydrogen (secondary N) is 3. The Kier molecular flexibility index (Phi) is 7.04. The monoisotopic (exact) mass is 482 g/mol. The van der Waals surface area contributed by atoms with E-state index in [4.69, 9.17) is 0 Å². The van der Waals surface area contributed by atoms with E-state index in [1.54, 1.807) is 11.1 Å². The fraction of sp³-hybridized carbons (Fsp3) is 0.208. The van der Waals surface area contributed by atoms with Gasteiger partial charge in [-0.15, -0.1) is 0 Å². The number of carbonyl (C=O) groups excluding carboxylic acids is 2. The first-order valence-electron chi connectivity index (χ1n) is 10.8. The van der Waals surface area contributed by atoms with Crippen LogP contribution in [0.4, 0.5) is 18.9 Å². The zero-order chi connectivity index (χ0) is 24.8. The van der Waals surface area contributed by atoms with Crippen LogP contribution in [0.3, 0.4) is 0 Å². The van der Waals surface area contributed by atoms with Crippen LogP contribution in [0, 0.1) is 0 Å². The van der Waals surface area contributed by atoms with Crippen LogP contribution in [-0.2, 0) is 35.2 Å². The second kappa shape index (κ2) is 10.3. The largest absolute Gasteiger partial charge is 0.417 e. The Morgan fingerprint density at radius 1 is 0.943 bits per heavy atom. The van der Waals surface area contributed by atoms with Crippen molar-refractivity contribution in [3.05, 3.63) is 83.6 Å². The van der Waals surface area contributed by atoms with Gasteiger partial charge in [0.25, 0.3) is 0 Å². The zero-order valence-corrected chi connectivity index (χ0v) is 18.4.